The van der Waals surface area contributed by atoms with Crippen LogP contribution in [0.15, 0.2) is 58.3 Å². The second-order valence-corrected chi connectivity index (χ2v) is 5.05. The SMILES string of the molecule is N#CCc1ccccc1Sc1ccc(Cl)cc1. The molecule has 3 heteroatoms. The number of hydrogen-bond acceptors (Lipinski definition) is 2. The molecular formula is C14H10ClNS. The number of benzene rings is 2. The lowest BCUT2D eigenvalue weighted by Gasteiger charge is -2.06. The van der Waals surface area contributed by atoms with Gasteiger partial charge in [-0.15, -0.1) is 0 Å². The second kappa shape index (κ2) is 5.77. The van der Waals surface area contributed by atoms with Crippen molar-refractivity contribution in [2.24, 2.45) is 0 Å². The Labute approximate surface area is 110 Å². The maximum atomic E-state index is 8.77. The summed E-state index contributed by atoms with van der Waals surface area (Å²) in [5, 5.41) is 9.51. The predicted molar refractivity (Wildman–Crippen MR) is 71.3 cm³/mol. The molecule has 84 valence electrons. The van der Waals surface area contributed by atoms with Gasteiger partial charge in [0, 0.05) is 14.8 Å². The summed E-state index contributed by atoms with van der Waals surface area (Å²) in [6.45, 7) is 0. The van der Waals surface area contributed by atoms with Gasteiger partial charge in [0.25, 0.3) is 0 Å². The molecule has 0 radical (unpaired) electrons. The quantitative estimate of drug-likeness (QED) is 0.807. The molecule has 0 aromatic heterocycles. The second-order valence-electron chi connectivity index (χ2n) is 3.50. The molecule has 0 aliphatic rings. The summed E-state index contributed by atoms with van der Waals surface area (Å²) in [6.07, 6.45) is 0.441. The Kier molecular flexibility index (Phi) is 4.08. The van der Waals surface area contributed by atoms with Gasteiger partial charge in [0.15, 0.2) is 0 Å². The first-order valence-corrected chi connectivity index (χ1v) is 6.37. The fourth-order valence-corrected chi connectivity index (χ4v) is 2.53. The van der Waals surface area contributed by atoms with E-state index in [1.54, 1.807) is 11.8 Å². The zero-order chi connectivity index (χ0) is 12.1. The molecular weight excluding hydrogens is 250 g/mol. The molecule has 0 N–H and O–H groups in total. The highest BCUT2D eigenvalue weighted by molar-refractivity contribution is 7.99. The van der Waals surface area contributed by atoms with Crippen LogP contribution in [0.3, 0.4) is 0 Å². The summed E-state index contributed by atoms with van der Waals surface area (Å²) in [7, 11) is 0. The third kappa shape index (κ3) is 3.26. The van der Waals surface area contributed by atoms with Crippen LogP contribution in [0.4, 0.5) is 0 Å². The van der Waals surface area contributed by atoms with Gasteiger partial charge in [-0.25, -0.2) is 0 Å². The largest absolute Gasteiger partial charge is 0.198 e. The van der Waals surface area contributed by atoms with E-state index in [1.165, 1.54) is 0 Å². The first-order chi connectivity index (χ1) is 8.29. The molecule has 0 fully saturated rings. The van der Waals surface area contributed by atoms with Gasteiger partial charge in [-0.3, -0.25) is 0 Å². The van der Waals surface area contributed by atoms with Gasteiger partial charge in [0.1, 0.15) is 0 Å². The van der Waals surface area contributed by atoms with Crippen molar-refractivity contribution in [2.75, 3.05) is 0 Å². The van der Waals surface area contributed by atoms with Gasteiger partial charge in [-0.1, -0.05) is 41.6 Å². The Balaban J connectivity index is 2.24. The minimum Gasteiger partial charge on any atom is -0.198 e. The minimum atomic E-state index is 0.441. The molecule has 2 rings (SSSR count). The molecule has 0 unspecified atom stereocenters. The first kappa shape index (κ1) is 12.0. The van der Waals surface area contributed by atoms with E-state index in [1.807, 2.05) is 48.5 Å². The highest BCUT2D eigenvalue weighted by atomic mass is 35.5. The molecule has 0 amide bonds. The maximum absolute atomic E-state index is 8.77. The highest BCUT2D eigenvalue weighted by Gasteiger charge is 2.03. The Hall–Kier alpha value is -1.43. The van der Waals surface area contributed by atoms with Crippen LogP contribution in [-0.4, -0.2) is 0 Å². The molecule has 0 heterocycles. The van der Waals surface area contributed by atoms with Crippen LogP contribution in [0.1, 0.15) is 5.56 Å². The van der Waals surface area contributed by atoms with Crippen LogP contribution < -0.4 is 0 Å². The zero-order valence-corrected chi connectivity index (χ0v) is 10.6. The normalized spacial score (nSPS) is 9.88. The molecule has 2 aromatic carbocycles. The first-order valence-electron chi connectivity index (χ1n) is 5.18. The Bertz CT molecular complexity index is 543. The van der Waals surface area contributed by atoms with Gasteiger partial charge < -0.3 is 0 Å². The van der Waals surface area contributed by atoms with Gasteiger partial charge in [-0.05, 0) is 35.9 Å². The van der Waals surface area contributed by atoms with Crippen molar-refractivity contribution < 1.29 is 0 Å². The van der Waals surface area contributed by atoms with E-state index >= 15 is 0 Å². The Morgan fingerprint density at radius 1 is 1.06 bits per heavy atom. The van der Waals surface area contributed by atoms with E-state index in [4.69, 9.17) is 16.9 Å². The molecule has 0 spiro atoms. The van der Waals surface area contributed by atoms with Crippen LogP contribution >= 0.6 is 23.4 Å². The number of rotatable bonds is 3. The lowest BCUT2D eigenvalue weighted by molar-refractivity contribution is 1.18. The van der Waals surface area contributed by atoms with E-state index in [0.717, 1.165) is 20.4 Å². The van der Waals surface area contributed by atoms with Crippen molar-refractivity contribution in [3.63, 3.8) is 0 Å². The molecule has 0 bridgehead atoms. The smallest absolute Gasteiger partial charge is 0.0670 e. The standard InChI is InChI=1S/C14H10ClNS/c15-12-5-7-13(8-6-12)17-14-4-2-1-3-11(14)9-10-16/h1-8H,9H2. The highest BCUT2D eigenvalue weighted by Crippen LogP contribution is 2.31. The zero-order valence-electron chi connectivity index (χ0n) is 9.06. The third-order valence-corrected chi connectivity index (χ3v) is 3.66. The van der Waals surface area contributed by atoms with Crippen molar-refractivity contribution in [3.05, 3.63) is 59.1 Å². The van der Waals surface area contributed by atoms with E-state index < -0.39 is 0 Å². The molecule has 0 aliphatic heterocycles. The molecule has 17 heavy (non-hydrogen) atoms. The average molecular weight is 260 g/mol. The fraction of sp³-hybridized carbons (Fsp3) is 0.0714. The summed E-state index contributed by atoms with van der Waals surface area (Å²) < 4.78 is 0. The lowest BCUT2D eigenvalue weighted by atomic mass is 10.2. The molecule has 1 nitrogen and oxygen atoms in total. The van der Waals surface area contributed by atoms with Gasteiger partial charge in [0.05, 0.1) is 12.5 Å². The van der Waals surface area contributed by atoms with Crippen LogP contribution in [0.25, 0.3) is 0 Å². The van der Waals surface area contributed by atoms with E-state index in [0.29, 0.717) is 6.42 Å². The minimum absolute atomic E-state index is 0.441. The molecule has 2 aromatic rings. The number of nitrogens with zero attached hydrogens (tertiary/aromatic N) is 1. The van der Waals surface area contributed by atoms with Gasteiger partial charge in [-0.2, -0.15) is 5.26 Å². The van der Waals surface area contributed by atoms with Gasteiger partial charge in [0.2, 0.25) is 0 Å². The predicted octanol–water partition coefficient (Wildman–Crippen LogP) is 4.56. The number of hydrogen-bond donors (Lipinski definition) is 0. The van der Waals surface area contributed by atoms with Crippen LogP contribution in [-0.2, 0) is 6.42 Å². The van der Waals surface area contributed by atoms with Crippen LogP contribution in [0.2, 0.25) is 5.02 Å². The Morgan fingerprint density at radius 2 is 1.76 bits per heavy atom. The van der Waals surface area contributed by atoms with Crippen LogP contribution in [0.5, 0.6) is 0 Å². The van der Waals surface area contributed by atoms with Gasteiger partial charge >= 0.3 is 0 Å². The van der Waals surface area contributed by atoms with Crippen molar-refractivity contribution >= 4 is 23.4 Å². The molecule has 0 atom stereocenters. The van der Waals surface area contributed by atoms with Crippen molar-refractivity contribution in [1.29, 1.82) is 5.26 Å². The number of nitriles is 1. The van der Waals surface area contributed by atoms with Crippen molar-refractivity contribution in [2.45, 2.75) is 16.2 Å². The maximum Gasteiger partial charge on any atom is 0.0670 e. The van der Waals surface area contributed by atoms with E-state index in [2.05, 4.69) is 6.07 Å². The monoisotopic (exact) mass is 259 g/mol. The average Bonchev–Trinajstić information content (AvgIpc) is 2.35. The lowest BCUT2D eigenvalue weighted by Crippen LogP contribution is -1.85. The fourth-order valence-electron chi connectivity index (χ4n) is 1.46. The molecule has 0 saturated heterocycles. The van der Waals surface area contributed by atoms with E-state index in [9.17, 15) is 0 Å². The summed E-state index contributed by atoms with van der Waals surface area (Å²) >= 11 is 7.50. The summed E-state index contributed by atoms with van der Waals surface area (Å²) in [5.41, 5.74) is 1.06. The molecule has 0 saturated carbocycles. The third-order valence-electron chi connectivity index (χ3n) is 2.28. The number of halogens is 1. The Morgan fingerprint density at radius 3 is 2.47 bits per heavy atom. The van der Waals surface area contributed by atoms with Crippen LogP contribution in [0, 0.1) is 11.3 Å². The van der Waals surface area contributed by atoms with Crippen molar-refractivity contribution in [1.82, 2.24) is 0 Å². The van der Waals surface area contributed by atoms with E-state index in [-0.39, 0.29) is 0 Å². The van der Waals surface area contributed by atoms with Crippen molar-refractivity contribution in [3.8, 4) is 6.07 Å². The summed E-state index contributed by atoms with van der Waals surface area (Å²) in [5.74, 6) is 0. The summed E-state index contributed by atoms with van der Waals surface area (Å²) in [4.78, 5) is 2.25. The summed E-state index contributed by atoms with van der Waals surface area (Å²) in [6, 6.07) is 17.9. The topological polar surface area (TPSA) is 23.8 Å². The molecule has 0 aliphatic carbocycles.